The molecule has 8 heteroatoms. The molecular formula is C24H19F5O3. The van der Waals surface area contributed by atoms with Gasteiger partial charge >= 0.3 is 12.3 Å². The summed E-state index contributed by atoms with van der Waals surface area (Å²) in [5.74, 6) is -6.42. The lowest BCUT2D eigenvalue weighted by Crippen LogP contribution is -2.19. The fraction of sp³-hybridized carbons (Fsp3) is 0.208. The van der Waals surface area contributed by atoms with Gasteiger partial charge in [0, 0.05) is 12.1 Å². The van der Waals surface area contributed by atoms with E-state index in [0.29, 0.717) is 17.7 Å². The SMILES string of the molecule is Cc1cc(C)c(-c2ccc(C(=O)Oc3cc(F)c(OC(F)(F)F)c(F)c3)c(C)c2)c(C)c1. The Kier molecular flexibility index (Phi) is 6.25. The van der Waals surface area contributed by atoms with Crippen LogP contribution in [0.2, 0.25) is 0 Å². The first kappa shape index (κ1) is 23.2. The average Bonchev–Trinajstić information content (AvgIpc) is 2.63. The number of carbonyl (C=O) groups is 1. The minimum absolute atomic E-state index is 0.146. The molecule has 3 nitrogen and oxygen atoms in total. The summed E-state index contributed by atoms with van der Waals surface area (Å²) in [7, 11) is 0. The molecule has 3 aromatic carbocycles. The highest BCUT2D eigenvalue weighted by molar-refractivity contribution is 5.93. The topological polar surface area (TPSA) is 35.5 Å². The van der Waals surface area contributed by atoms with E-state index in [4.69, 9.17) is 4.74 Å². The van der Waals surface area contributed by atoms with Gasteiger partial charge in [-0.15, -0.1) is 13.2 Å². The van der Waals surface area contributed by atoms with E-state index >= 15 is 0 Å². The second-order valence-corrected chi connectivity index (χ2v) is 7.46. The third-order valence-corrected chi connectivity index (χ3v) is 4.81. The molecule has 0 aliphatic carbocycles. The first-order valence-corrected chi connectivity index (χ1v) is 9.51. The molecule has 0 fully saturated rings. The number of alkyl halides is 3. The van der Waals surface area contributed by atoms with Crippen LogP contribution in [-0.4, -0.2) is 12.3 Å². The predicted octanol–water partition coefficient (Wildman–Crippen LogP) is 6.98. The maximum absolute atomic E-state index is 13.9. The van der Waals surface area contributed by atoms with Crippen molar-refractivity contribution in [2.45, 2.75) is 34.1 Å². The van der Waals surface area contributed by atoms with Crippen LogP contribution in [0.15, 0.2) is 42.5 Å². The van der Waals surface area contributed by atoms with Crippen molar-refractivity contribution in [1.29, 1.82) is 0 Å². The molecule has 0 saturated heterocycles. The Morgan fingerprint density at radius 3 is 1.88 bits per heavy atom. The lowest BCUT2D eigenvalue weighted by Gasteiger charge is -2.14. The standard InChI is InChI=1S/C24H19F5O3/c1-12-7-14(3)21(15(4)8-12)16-5-6-18(13(2)9-16)23(30)31-17-10-19(25)22(20(26)11-17)32-24(27,28)29/h5-11H,1-4H3. The Morgan fingerprint density at radius 1 is 0.812 bits per heavy atom. The zero-order valence-electron chi connectivity index (χ0n) is 17.7. The van der Waals surface area contributed by atoms with Crippen molar-refractivity contribution in [3.05, 3.63) is 81.9 Å². The smallest absolute Gasteiger partial charge is 0.423 e. The molecular weight excluding hydrogens is 431 g/mol. The maximum atomic E-state index is 13.9. The van der Waals surface area contributed by atoms with Crippen LogP contribution in [0.3, 0.4) is 0 Å². The van der Waals surface area contributed by atoms with Crippen molar-refractivity contribution in [2.24, 2.45) is 0 Å². The van der Waals surface area contributed by atoms with Crippen molar-refractivity contribution < 1.29 is 36.2 Å². The van der Waals surface area contributed by atoms with E-state index in [1.807, 2.05) is 20.8 Å². The number of ether oxygens (including phenoxy) is 2. The predicted molar refractivity (Wildman–Crippen MR) is 109 cm³/mol. The summed E-state index contributed by atoms with van der Waals surface area (Å²) < 4.78 is 72.8. The highest BCUT2D eigenvalue weighted by atomic mass is 19.4. The van der Waals surface area contributed by atoms with Gasteiger partial charge in [-0.1, -0.05) is 29.8 Å². The molecule has 3 rings (SSSR count). The van der Waals surface area contributed by atoms with E-state index in [1.165, 1.54) is 6.07 Å². The van der Waals surface area contributed by atoms with Crippen molar-refractivity contribution in [1.82, 2.24) is 0 Å². The fourth-order valence-corrected chi connectivity index (χ4v) is 3.65. The molecule has 0 radical (unpaired) electrons. The zero-order chi connectivity index (χ0) is 23.8. The van der Waals surface area contributed by atoms with Crippen molar-refractivity contribution >= 4 is 5.97 Å². The molecule has 0 aliphatic heterocycles. The molecule has 168 valence electrons. The molecule has 0 aromatic heterocycles. The maximum Gasteiger partial charge on any atom is 0.573 e. The normalized spacial score (nSPS) is 11.4. The number of hydrogen-bond acceptors (Lipinski definition) is 3. The lowest BCUT2D eigenvalue weighted by atomic mass is 9.92. The summed E-state index contributed by atoms with van der Waals surface area (Å²) >= 11 is 0. The largest absolute Gasteiger partial charge is 0.573 e. The Bertz CT molecular complexity index is 1150. The van der Waals surface area contributed by atoms with Gasteiger partial charge in [0.1, 0.15) is 5.75 Å². The van der Waals surface area contributed by atoms with Crippen molar-refractivity contribution in [2.75, 3.05) is 0 Å². The minimum Gasteiger partial charge on any atom is -0.423 e. The molecule has 0 saturated carbocycles. The first-order valence-electron chi connectivity index (χ1n) is 9.51. The molecule has 0 aliphatic rings. The summed E-state index contributed by atoms with van der Waals surface area (Å²) in [4.78, 5) is 12.5. The number of carbonyl (C=O) groups excluding carboxylic acids is 1. The monoisotopic (exact) mass is 450 g/mol. The first-order chi connectivity index (χ1) is 14.9. The van der Waals surface area contributed by atoms with Crippen LogP contribution in [0.25, 0.3) is 11.1 Å². The summed E-state index contributed by atoms with van der Waals surface area (Å²) in [5.41, 5.74) is 5.90. The second-order valence-electron chi connectivity index (χ2n) is 7.46. The molecule has 3 aromatic rings. The number of rotatable bonds is 4. The molecule has 32 heavy (non-hydrogen) atoms. The summed E-state index contributed by atoms with van der Waals surface area (Å²) in [6, 6.07) is 10.1. The van der Waals surface area contributed by atoms with E-state index in [-0.39, 0.29) is 5.56 Å². The Morgan fingerprint density at radius 2 is 1.38 bits per heavy atom. The Labute approximate surface area is 181 Å². The number of halogens is 5. The van der Waals surface area contributed by atoms with Crippen LogP contribution in [0, 0.1) is 39.3 Å². The van der Waals surface area contributed by atoms with Gasteiger partial charge in [-0.2, -0.15) is 0 Å². The van der Waals surface area contributed by atoms with E-state index in [9.17, 15) is 26.7 Å². The third-order valence-electron chi connectivity index (χ3n) is 4.81. The van der Waals surface area contributed by atoms with E-state index in [2.05, 4.69) is 16.9 Å². The average molecular weight is 450 g/mol. The van der Waals surface area contributed by atoms with Gasteiger partial charge in [0.2, 0.25) is 5.75 Å². The van der Waals surface area contributed by atoms with Crippen molar-refractivity contribution in [3.8, 4) is 22.6 Å². The van der Waals surface area contributed by atoms with Crippen molar-refractivity contribution in [3.63, 3.8) is 0 Å². The quantitative estimate of drug-likeness (QED) is 0.244. The van der Waals surface area contributed by atoms with Gasteiger partial charge in [-0.25, -0.2) is 13.6 Å². The minimum atomic E-state index is -5.27. The lowest BCUT2D eigenvalue weighted by molar-refractivity contribution is -0.276. The number of esters is 1. The van der Waals surface area contributed by atoms with Gasteiger partial charge in [-0.05, 0) is 61.6 Å². The molecule has 0 N–H and O–H groups in total. The second kappa shape index (κ2) is 8.61. The van der Waals surface area contributed by atoms with Crippen LogP contribution in [0.4, 0.5) is 22.0 Å². The summed E-state index contributed by atoms with van der Waals surface area (Å²) in [6.45, 7) is 7.66. The molecule has 0 amide bonds. The molecule has 0 atom stereocenters. The van der Waals surface area contributed by atoms with Gasteiger partial charge in [-0.3, -0.25) is 0 Å². The molecule has 0 heterocycles. The van der Waals surface area contributed by atoms with E-state index < -0.39 is 35.5 Å². The van der Waals surface area contributed by atoms with Gasteiger partial charge in [0.15, 0.2) is 11.6 Å². The van der Waals surface area contributed by atoms with Crippen LogP contribution in [0.5, 0.6) is 11.5 Å². The van der Waals surface area contributed by atoms with E-state index in [1.54, 1.807) is 19.1 Å². The Balaban J connectivity index is 1.87. The molecule has 0 spiro atoms. The number of hydrogen-bond donors (Lipinski definition) is 0. The van der Waals surface area contributed by atoms with Gasteiger partial charge in [0.05, 0.1) is 5.56 Å². The highest BCUT2D eigenvalue weighted by Gasteiger charge is 2.34. The van der Waals surface area contributed by atoms with Crippen LogP contribution < -0.4 is 9.47 Å². The van der Waals surface area contributed by atoms with E-state index in [0.717, 1.165) is 27.8 Å². The number of aryl methyl sites for hydroxylation is 4. The van der Waals surface area contributed by atoms with Crippen LogP contribution in [-0.2, 0) is 0 Å². The third kappa shape index (κ3) is 5.07. The number of benzene rings is 3. The van der Waals surface area contributed by atoms with Gasteiger partial charge < -0.3 is 9.47 Å². The fourth-order valence-electron chi connectivity index (χ4n) is 3.65. The summed E-state index contributed by atoms with van der Waals surface area (Å²) in [6.07, 6.45) is -5.27. The van der Waals surface area contributed by atoms with Crippen LogP contribution >= 0.6 is 0 Å². The van der Waals surface area contributed by atoms with Gasteiger partial charge in [0.25, 0.3) is 0 Å². The molecule has 0 unspecified atom stereocenters. The Hall–Kier alpha value is -3.42. The van der Waals surface area contributed by atoms with Crippen LogP contribution in [0.1, 0.15) is 32.6 Å². The molecule has 0 bridgehead atoms. The summed E-state index contributed by atoms with van der Waals surface area (Å²) in [5, 5.41) is 0. The zero-order valence-corrected chi connectivity index (χ0v) is 17.7. The highest BCUT2D eigenvalue weighted by Crippen LogP contribution is 2.33.